The van der Waals surface area contributed by atoms with Gasteiger partial charge in [0.15, 0.2) is 0 Å². The van der Waals surface area contributed by atoms with Crippen LogP contribution in [-0.2, 0) is 17.9 Å². The van der Waals surface area contributed by atoms with Crippen molar-refractivity contribution in [3.8, 4) is 0 Å². The Morgan fingerprint density at radius 3 is 2.44 bits per heavy atom. The molecule has 0 spiro atoms. The molecule has 1 unspecified atom stereocenters. The minimum Gasteiger partial charge on any atom is -0.293 e. The number of nitrogens with one attached hydrogen (secondary N) is 1. The summed E-state index contributed by atoms with van der Waals surface area (Å²) in [6.45, 7) is 3.67. The number of hydrazine groups is 1. The fraction of sp³-hybridized carbons (Fsp3) is 0.417. The lowest BCUT2D eigenvalue weighted by atomic mass is 10.1. The van der Waals surface area contributed by atoms with Crippen LogP contribution in [0.1, 0.15) is 24.5 Å². The molecule has 16 heavy (non-hydrogen) atoms. The van der Waals surface area contributed by atoms with Gasteiger partial charge in [-0.15, -0.1) is 0 Å². The first-order valence-electron chi connectivity index (χ1n) is 5.57. The summed E-state index contributed by atoms with van der Waals surface area (Å²) in [5, 5.41) is 0. The number of benzene rings is 1. The van der Waals surface area contributed by atoms with Crippen molar-refractivity contribution in [2.75, 3.05) is 0 Å². The molecule has 0 aliphatic carbocycles. The number of amides is 1. The van der Waals surface area contributed by atoms with Crippen LogP contribution in [-0.4, -0.2) is 16.8 Å². The Hall–Kier alpha value is -1.39. The molecule has 0 saturated heterocycles. The Labute approximate surface area is 95.4 Å². The number of carbonyl (C=O) groups is 1. The van der Waals surface area contributed by atoms with Crippen LogP contribution < -0.4 is 11.3 Å². The zero-order valence-electron chi connectivity index (χ0n) is 9.44. The molecule has 0 fully saturated rings. The van der Waals surface area contributed by atoms with Gasteiger partial charge in [0.2, 0.25) is 0 Å². The van der Waals surface area contributed by atoms with Gasteiger partial charge in [-0.3, -0.25) is 15.1 Å². The summed E-state index contributed by atoms with van der Waals surface area (Å²) in [7, 11) is 0. The predicted octanol–water partition coefficient (Wildman–Crippen LogP) is 0.771. The minimum absolute atomic E-state index is 0.102. The predicted molar refractivity (Wildman–Crippen MR) is 62.1 cm³/mol. The van der Waals surface area contributed by atoms with E-state index in [0.717, 1.165) is 19.5 Å². The molecule has 0 saturated carbocycles. The highest BCUT2D eigenvalue weighted by molar-refractivity contribution is 5.81. The number of carbonyl (C=O) groups excluding carboxylic acids is 1. The summed E-state index contributed by atoms with van der Waals surface area (Å²) in [5.41, 5.74) is 4.86. The molecule has 1 amide bonds. The lowest BCUT2D eigenvalue weighted by molar-refractivity contribution is -0.126. The molecule has 0 bridgehead atoms. The van der Waals surface area contributed by atoms with Crippen molar-refractivity contribution in [1.29, 1.82) is 0 Å². The van der Waals surface area contributed by atoms with Crippen molar-refractivity contribution < 1.29 is 4.79 Å². The van der Waals surface area contributed by atoms with Gasteiger partial charge in [-0.2, -0.15) is 0 Å². The van der Waals surface area contributed by atoms with Crippen LogP contribution in [0.2, 0.25) is 0 Å². The standard InChI is InChI=1S/C12H17N3O/c1-2-11(12(16)14-13)15-7-9-5-3-4-6-10(9)8-15/h3-6,11H,2,7-8,13H2,1H3,(H,14,16). The average Bonchev–Trinajstić information content (AvgIpc) is 2.72. The Balaban J connectivity index is 2.12. The van der Waals surface area contributed by atoms with Gasteiger partial charge >= 0.3 is 0 Å². The maximum Gasteiger partial charge on any atom is 0.251 e. The Bertz CT molecular complexity index is 367. The van der Waals surface area contributed by atoms with E-state index >= 15 is 0 Å². The number of fused-ring (bicyclic) bond motifs is 1. The molecular weight excluding hydrogens is 202 g/mol. The van der Waals surface area contributed by atoms with E-state index < -0.39 is 0 Å². The smallest absolute Gasteiger partial charge is 0.251 e. The van der Waals surface area contributed by atoms with Gasteiger partial charge in [0, 0.05) is 13.1 Å². The normalized spacial score (nSPS) is 16.9. The topological polar surface area (TPSA) is 58.4 Å². The number of nitrogens with zero attached hydrogens (tertiary/aromatic N) is 1. The van der Waals surface area contributed by atoms with Crippen molar-refractivity contribution in [2.24, 2.45) is 5.84 Å². The maximum atomic E-state index is 11.6. The van der Waals surface area contributed by atoms with Gasteiger partial charge in [0.05, 0.1) is 6.04 Å². The number of hydrogen-bond donors (Lipinski definition) is 2. The molecule has 0 aromatic heterocycles. The van der Waals surface area contributed by atoms with Crippen LogP contribution in [0.15, 0.2) is 24.3 Å². The van der Waals surface area contributed by atoms with Crippen LogP contribution in [0.25, 0.3) is 0 Å². The highest BCUT2D eigenvalue weighted by Crippen LogP contribution is 2.25. The quantitative estimate of drug-likeness (QED) is 0.448. The van der Waals surface area contributed by atoms with Gasteiger partial charge in [0.1, 0.15) is 0 Å². The van der Waals surface area contributed by atoms with Gasteiger partial charge in [0.25, 0.3) is 5.91 Å². The van der Waals surface area contributed by atoms with E-state index in [1.807, 2.05) is 19.1 Å². The van der Waals surface area contributed by atoms with Gasteiger partial charge < -0.3 is 0 Å². The molecule has 1 aromatic carbocycles. The summed E-state index contributed by atoms with van der Waals surface area (Å²) in [6, 6.07) is 8.17. The van der Waals surface area contributed by atoms with Crippen molar-refractivity contribution in [2.45, 2.75) is 32.5 Å². The van der Waals surface area contributed by atoms with E-state index in [4.69, 9.17) is 5.84 Å². The average molecular weight is 219 g/mol. The van der Waals surface area contributed by atoms with E-state index in [-0.39, 0.29) is 11.9 Å². The largest absolute Gasteiger partial charge is 0.293 e. The Morgan fingerprint density at radius 1 is 1.44 bits per heavy atom. The van der Waals surface area contributed by atoms with E-state index in [1.54, 1.807) is 0 Å². The summed E-state index contributed by atoms with van der Waals surface area (Å²) in [6.07, 6.45) is 0.775. The van der Waals surface area contributed by atoms with E-state index in [2.05, 4.69) is 22.5 Å². The Kier molecular flexibility index (Phi) is 3.22. The molecule has 4 nitrogen and oxygen atoms in total. The second-order valence-electron chi connectivity index (χ2n) is 4.11. The van der Waals surface area contributed by atoms with Gasteiger partial charge in [-0.05, 0) is 17.5 Å². The fourth-order valence-corrected chi connectivity index (χ4v) is 2.29. The van der Waals surface area contributed by atoms with Crippen LogP contribution in [0.5, 0.6) is 0 Å². The van der Waals surface area contributed by atoms with Crippen LogP contribution in [0, 0.1) is 0 Å². The fourth-order valence-electron chi connectivity index (χ4n) is 2.29. The molecule has 0 radical (unpaired) electrons. The zero-order chi connectivity index (χ0) is 11.5. The minimum atomic E-state index is -0.127. The molecule has 1 aromatic rings. The van der Waals surface area contributed by atoms with Crippen molar-refractivity contribution in [3.63, 3.8) is 0 Å². The number of nitrogens with two attached hydrogens (primary N) is 1. The second kappa shape index (κ2) is 4.63. The molecule has 2 rings (SSSR count). The first-order chi connectivity index (χ1) is 7.76. The van der Waals surface area contributed by atoms with Crippen LogP contribution in [0.4, 0.5) is 0 Å². The monoisotopic (exact) mass is 219 g/mol. The lowest BCUT2D eigenvalue weighted by Crippen LogP contribution is -2.46. The zero-order valence-corrected chi connectivity index (χ0v) is 9.44. The van der Waals surface area contributed by atoms with E-state index in [1.165, 1.54) is 11.1 Å². The molecule has 4 heteroatoms. The third kappa shape index (κ3) is 1.94. The Morgan fingerprint density at radius 2 is 2.00 bits per heavy atom. The first kappa shape index (κ1) is 11.1. The van der Waals surface area contributed by atoms with Crippen LogP contribution >= 0.6 is 0 Å². The second-order valence-corrected chi connectivity index (χ2v) is 4.11. The summed E-state index contributed by atoms with van der Waals surface area (Å²) >= 11 is 0. The van der Waals surface area contributed by atoms with Crippen molar-refractivity contribution in [3.05, 3.63) is 35.4 Å². The van der Waals surface area contributed by atoms with Crippen LogP contribution in [0.3, 0.4) is 0 Å². The molecular formula is C12H17N3O. The van der Waals surface area contributed by atoms with Gasteiger partial charge in [-0.1, -0.05) is 31.2 Å². The third-order valence-corrected chi connectivity index (χ3v) is 3.14. The highest BCUT2D eigenvalue weighted by atomic mass is 16.2. The SMILES string of the molecule is CCC(C(=O)NN)N1Cc2ccccc2C1. The van der Waals surface area contributed by atoms with E-state index in [9.17, 15) is 4.79 Å². The van der Waals surface area contributed by atoms with Crippen molar-refractivity contribution in [1.82, 2.24) is 10.3 Å². The summed E-state index contributed by atoms with van der Waals surface area (Å²) in [4.78, 5) is 13.8. The maximum absolute atomic E-state index is 11.6. The molecule has 86 valence electrons. The summed E-state index contributed by atoms with van der Waals surface area (Å²) < 4.78 is 0. The first-order valence-corrected chi connectivity index (χ1v) is 5.57. The summed E-state index contributed by atoms with van der Waals surface area (Å²) in [5.74, 6) is 5.09. The number of hydrogen-bond acceptors (Lipinski definition) is 3. The molecule has 3 N–H and O–H groups in total. The molecule has 1 heterocycles. The van der Waals surface area contributed by atoms with Crippen molar-refractivity contribution >= 4 is 5.91 Å². The lowest BCUT2D eigenvalue weighted by Gasteiger charge is -2.24. The highest BCUT2D eigenvalue weighted by Gasteiger charge is 2.28. The number of rotatable bonds is 3. The molecule has 1 aliphatic rings. The third-order valence-electron chi connectivity index (χ3n) is 3.14. The van der Waals surface area contributed by atoms with E-state index in [0.29, 0.717) is 0 Å². The van der Waals surface area contributed by atoms with Gasteiger partial charge in [-0.25, -0.2) is 5.84 Å². The molecule has 1 atom stereocenters. The molecule has 1 aliphatic heterocycles.